The van der Waals surface area contributed by atoms with Gasteiger partial charge in [0, 0.05) is 31.5 Å². The lowest BCUT2D eigenvalue weighted by Crippen LogP contribution is -2.52. The summed E-state index contributed by atoms with van der Waals surface area (Å²) >= 11 is 0. The smallest absolute Gasteiger partial charge is 0.272 e. The van der Waals surface area contributed by atoms with E-state index in [1.54, 1.807) is 0 Å². The number of hydrogen-bond acceptors (Lipinski definition) is 4. The van der Waals surface area contributed by atoms with Gasteiger partial charge in [-0.1, -0.05) is 47.5 Å². The monoisotopic (exact) mass is 425 g/mol. The molecule has 4 rings (SSSR count). The summed E-state index contributed by atoms with van der Waals surface area (Å²) in [6, 6.07) is 11.5. The molecule has 158 valence electrons. The lowest BCUT2D eigenvalue weighted by Gasteiger charge is -2.36. The van der Waals surface area contributed by atoms with Crippen molar-refractivity contribution in [1.29, 1.82) is 0 Å². The number of nitrogens with zero attached hydrogens (tertiary/aromatic N) is 2. The maximum atomic E-state index is 13.3. The molecule has 2 aliphatic rings. The van der Waals surface area contributed by atoms with Gasteiger partial charge in [0.2, 0.25) is 10.0 Å². The summed E-state index contributed by atoms with van der Waals surface area (Å²) in [6.07, 6.45) is 0.911. The summed E-state index contributed by atoms with van der Waals surface area (Å²) in [6.45, 7) is 8.28. The van der Waals surface area contributed by atoms with Gasteiger partial charge in [-0.05, 0) is 38.8 Å². The molecule has 1 saturated heterocycles. The third-order valence-corrected chi connectivity index (χ3v) is 8.17. The Balaban J connectivity index is 1.57. The van der Waals surface area contributed by atoms with E-state index < -0.39 is 15.7 Å². The number of rotatable bonds is 3. The van der Waals surface area contributed by atoms with Crippen LogP contribution in [0.25, 0.3) is 0 Å². The molecule has 0 saturated carbocycles. The Morgan fingerprint density at radius 2 is 1.50 bits per heavy atom. The van der Waals surface area contributed by atoms with Gasteiger partial charge in [-0.2, -0.15) is 4.31 Å². The fourth-order valence-corrected chi connectivity index (χ4v) is 6.36. The predicted octanol–water partition coefficient (Wildman–Crippen LogP) is 3.02. The van der Waals surface area contributed by atoms with Crippen LogP contribution in [0.3, 0.4) is 0 Å². The van der Waals surface area contributed by atoms with Crippen LogP contribution in [0, 0.1) is 27.7 Å². The highest BCUT2D eigenvalue weighted by atomic mass is 32.2. The number of amides is 1. The molecule has 0 radical (unpaired) electrons. The van der Waals surface area contributed by atoms with Crippen LogP contribution in [-0.2, 0) is 14.8 Å². The molecule has 1 spiro atoms. The van der Waals surface area contributed by atoms with E-state index >= 15 is 0 Å². The van der Waals surface area contributed by atoms with Crippen molar-refractivity contribution < 1.29 is 13.2 Å². The van der Waals surface area contributed by atoms with Crippen molar-refractivity contribution in [2.45, 2.75) is 51.1 Å². The van der Waals surface area contributed by atoms with Crippen molar-refractivity contribution in [1.82, 2.24) is 9.62 Å². The van der Waals surface area contributed by atoms with Crippen LogP contribution >= 0.6 is 0 Å². The second kappa shape index (κ2) is 7.32. The summed E-state index contributed by atoms with van der Waals surface area (Å²) in [5.41, 5.74) is 4.19. The molecule has 1 fully saturated rings. The molecular formula is C23H27N3O3S. The van der Waals surface area contributed by atoms with Crippen LogP contribution in [0.2, 0.25) is 0 Å². The van der Waals surface area contributed by atoms with E-state index in [9.17, 15) is 13.2 Å². The van der Waals surface area contributed by atoms with Crippen LogP contribution in [0.4, 0.5) is 0 Å². The molecule has 1 N–H and O–H groups in total. The fraction of sp³-hybridized carbons (Fsp3) is 0.391. The first kappa shape index (κ1) is 20.8. The molecular weight excluding hydrogens is 398 g/mol. The number of carbonyl (C=O) groups excluding carboxylic acids is 1. The standard InChI is InChI=1S/C23H27N3O3S/c1-15-5-7-19(8-6-15)20-22(27)25-23(24-20)9-11-26(12-10-23)30(28,29)21-17(3)13-16(2)14-18(21)4/h5-8,13-14H,9-12H2,1-4H3,(H,25,27). The molecule has 1 amide bonds. The van der Waals surface area contributed by atoms with E-state index in [1.807, 2.05) is 64.1 Å². The highest BCUT2D eigenvalue weighted by Crippen LogP contribution is 2.33. The number of sulfonamides is 1. The van der Waals surface area contributed by atoms with Gasteiger partial charge in [-0.15, -0.1) is 0 Å². The maximum absolute atomic E-state index is 13.3. The number of aliphatic imine (C=N–C) groups is 1. The molecule has 0 aliphatic carbocycles. The number of aryl methyl sites for hydroxylation is 4. The summed E-state index contributed by atoms with van der Waals surface area (Å²) < 4.78 is 28.2. The summed E-state index contributed by atoms with van der Waals surface area (Å²) in [4.78, 5) is 17.7. The molecule has 0 bridgehead atoms. The van der Waals surface area contributed by atoms with Crippen LogP contribution in [0.15, 0.2) is 46.3 Å². The Morgan fingerprint density at radius 1 is 0.933 bits per heavy atom. The molecule has 0 unspecified atom stereocenters. The van der Waals surface area contributed by atoms with Crippen molar-refractivity contribution in [3.8, 4) is 0 Å². The molecule has 2 aromatic rings. The summed E-state index contributed by atoms with van der Waals surface area (Å²) in [5.74, 6) is -0.194. The lowest BCUT2D eigenvalue weighted by atomic mass is 10.00. The highest BCUT2D eigenvalue weighted by molar-refractivity contribution is 7.89. The second-order valence-corrected chi connectivity index (χ2v) is 10.3. The van der Waals surface area contributed by atoms with Gasteiger partial charge < -0.3 is 5.32 Å². The zero-order valence-corrected chi connectivity index (χ0v) is 18.6. The Hall–Kier alpha value is -2.51. The second-order valence-electron chi connectivity index (χ2n) is 8.44. The molecule has 0 aromatic heterocycles. The molecule has 30 heavy (non-hydrogen) atoms. The van der Waals surface area contributed by atoms with E-state index in [-0.39, 0.29) is 5.91 Å². The number of nitrogens with one attached hydrogen (secondary N) is 1. The van der Waals surface area contributed by atoms with Crippen molar-refractivity contribution in [3.63, 3.8) is 0 Å². The topological polar surface area (TPSA) is 78.8 Å². The Labute approximate surface area is 178 Å². The average Bonchev–Trinajstić information content (AvgIpc) is 2.97. The largest absolute Gasteiger partial charge is 0.326 e. The first-order chi connectivity index (χ1) is 14.1. The molecule has 2 aromatic carbocycles. The Kier molecular flexibility index (Phi) is 5.06. The lowest BCUT2D eigenvalue weighted by molar-refractivity contribution is -0.115. The van der Waals surface area contributed by atoms with Crippen molar-refractivity contribution in [3.05, 3.63) is 64.2 Å². The third kappa shape index (κ3) is 3.56. The molecule has 7 heteroatoms. The van der Waals surface area contributed by atoms with E-state index in [4.69, 9.17) is 4.99 Å². The summed E-state index contributed by atoms with van der Waals surface area (Å²) in [5, 5.41) is 3.01. The van der Waals surface area contributed by atoms with Crippen LogP contribution in [-0.4, -0.2) is 43.1 Å². The van der Waals surface area contributed by atoms with Gasteiger partial charge in [-0.25, -0.2) is 8.42 Å². The van der Waals surface area contributed by atoms with Gasteiger partial charge >= 0.3 is 0 Å². The van der Waals surface area contributed by atoms with E-state index in [1.165, 1.54) is 4.31 Å². The minimum atomic E-state index is -3.60. The number of piperidine rings is 1. The minimum Gasteiger partial charge on any atom is -0.326 e. The van der Waals surface area contributed by atoms with Crippen LogP contribution in [0.5, 0.6) is 0 Å². The SMILES string of the molecule is Cc1ccc(C2=NC3(CCN(S(=O)(=O)c4c(C)cc(C)cc4C)CC3)NC2=O)cc1. The Morgan fingerprint density at radius 3 is 2.07 bits per heavy atom. The predicted molar refractivity (Wildman–Crippen MR) is 117 cm³/mol. The van der Waals surface area contributed by atoms with Crippen LogP contribution in [0.1, 0.15) is 40.7 Å². The van der Waals surface area contributed by atoms with Gasteiger partial charge in [0.05, 0.1) is 4.90 Å². The van der Waals surface area contributed by atoms with Gasteiger partial charge in [0.25, 0.3) is 5.91 Å². The molecule has 2 aliphatic heterocycles. The quantitative estimate of drug-likeness (QED) is 0.821. The highest BCUT2D eigenvalue weighted by Gasteiger charge is 2.44. The van der Waals surface area contributed by atoms with E-state index in [0.29, 0.717) is 36.5 Å². The third-order valence-electron chi connectivity index (χ3n) is 5.96. The summed E-state index contributed by atoms with van der Waals surface area (Å²) in [7, 11) is -3.60. The van der Waals surface area contributed by atoms with Crippen LogP contribution < -0.4 is 5.32 Å². The molecule has 6 nitrogen and oxygen atoms in total. The normalized spacial score (nSPS) is 19.1. The van der Waals surface area contributed by atoms with Gasteiger partial charge in [0.15, 0.2) is 0 Å². The zero-order chi connectivity index (χ0) is 21.7. The van der Waals surface area contributed by atoms with Crippen molar-refractivity contribution >= 4 is 21.6 Å². The number of hydrogen-bond donors (Lipinski definition) is 1. The first-order valence-corrected chi connectivity index (χ1v) is 11.6. The van der Waals surface area contributed by atoms with Crippen molar-refractivity contribution in [2.75, 3.05) is 13.1 Å². The molecule has 0 atom stereocenters. The fourth-order valence-electron chi connectivity index (χ4n) is 4.51. The first-order valence-electron chi connectivity index (χ1n) is 10.2. The minimum absolute atomic E-state index is 0.194. The number of benzene rings is 2. The van der Waals surface area contributed by atoms with Gasteiger partial charge in [0.1, 0.15) is 11.4 Å². The van der Waals surface area contributed by atoms with Crippen molar-refractivity contribution in [2.24, 2.45) is 4.99 Å². The molecule has 2 heterocycles. The van der Waals surface area contributed by atoms with Gasteiger partial charge in [-0.3, -0.25) is 9.79 Å². The zero-order valence-electron chi connectivity index (χ0n) is 17.8. The Bertz CT molecular complexity index is 1120. The average molecular weight is 426 g/mol. The van der Waals surface area contributed by atoms with E-state index in [0.717, 1.165) is 27.8 Å². The number of carbonyl (C=O) groups is 1. The van der Waals surface area contributed by atoms with E-state index in [2.05, 4.69) is 5.32 Å². The maximum Gasteiger partial charge on any atom is 0.272 e.